The quantitative estimate of drug-likeness (QED) is 0.304. The molecule has 7 nitrogen and oxygen atoms in total. The SMILES string of the molecule is CC(C)(Cc1cccc(CC(=O)Nc2ccc(O)cc2Cl)c1)NC[C@@H](O)c1ccc(N)nc1. The van der Waals surface area contributed by atoms with Crippen LogP contribution in [0.2, 0.25) is 5.02 Å². The number of nitrogens with two attached hydrogens (primary N) is 1. The monoisotopic (exact) mass is 468 g/mol. The van der Waals surface area contributed by atoms with Gasteiger partial charge in [-0.2, -0.15) is 0 Å². The van der Waals surface area contributed by atoms with Crippen molar-refractivity contribution in [2.75, 3.05) is 17.6 Å². The number of phenols is 1. The Morgan fingerprint density at radius 3 is 2.61 bits per heavy atom. The van der Waals surface area contributed by atoms with Gasteiger partial charge in [0, 0.05) is 29.9 Å². The topological polar surface area (TPSA) is 120 Å². The molecule has 0 spiro atoms. The molecule has 1 amide bonds. The third-order valence-corrected chi connectivity index (χ3v) is 5.51. The number of β-amino-alcohol motifs (C(OH)–C–C–N with tert-alkyl or cyclic N) is 1. The number of halogens is 1. The van der Waals surface area contributed by atoms with Crippen molar-refractivity contribution in [3.8, 4) is 5.75 Å². The first-order valence-electron chi connectivity index (χ1n) is 10.6. The molecule has 2 aromatic carbocycles. The molecule has 33 heavy (non-hydrogen) atoms. The van der Waals surface area contributed by atoms with Crippen LogP contribution in [0.5, 0.6) is 5.75 Å². The van der Waals surface area contributed by atoms with Crippen LogP contribution in [0.1, 0.15) is 36.6 Å². The number of rotatable bonds is 9. The van der Waals surface area contributed by atoms with Crippen molar-refractivity contribution >= 4 is 29.0 Å². The third-order valence-electron chi connectivity index (χ3n) is 5.20. The van der Waals surface area contributed by atoms with Crippen LogP contribution >= 0.6 is 11.6 Å². The van der Waals surface area contributed by atoms with Gasteiger partial charge in [-0.3, -0.25) is 4.79 Å². The highest BCUT2D eigenvalue weighted by Crippen LogP contribution is 2.26. The molecule has 0 radical (unpaired) electrons. The number of benzene rings is 2. The van der Waals surface area contributed by atoms with Gasteiger partial charge in [-0.05, 0) is 49.6 Å². The third kappa shape index (κ3) is 7.46. The lowest BCUT2D eigenvalue weighted by molar-refractivity contribution is -0.115. The summed E-state index contributed by atoms with van der Waals surface area (Å²) in [6, 6.07) is 15.7. The van der Waals surface area contributed by atoms with E-state index in [0.717, 1.165) is 11.1 Å². The summed E-state index contributed by atoms with van der Waals surface area (Å²) in [5.74, 6) is 0.260. The molecule has 8 heteroatoms. The smallest absolute Gasteiger partial charge is 0.228 e. The minimum Gasteiger partial charge on any atom is -0.508 e. The summed E-state index contributed by atoms with van der Waals surface area (Å²) in [6.45, 7) is 4.49. The Labute approximate surface area is 198 Å². The van der Waals surface area contributed by atoms with Crippen LogP contribution in [0.3, 0.4) is 0 Å². The summed E-state index contributed by atoms with van der Waals surface area (Å²) in [4.78, 5) is 16.5. The minimum absolute atomic E-state index is 0.0413. The normalized spacial score (nSPS) is 12.4. The van der Waals surface area contributed by atoms with Crippen molar-refractivity contribution in [1.82, 2.24) is 10.3 Å². The number of aliphatic hydroxyl groups is 1. The molecule has 174 valence electrons. The molecule has 0 aliphatic rings. The molecule has 1 heterocycles. The number of aliphatic hydroxyl groups excluding tert-OH is 1. The second-order valence-electron chi connectivity index (χ2n) is 8.68. The maximum atomic E-state index is 12.5. The summed E-state index contributed by atoms with van der Waals surface area (Å²) in [7, 11) is 0. The van der Waals surface area contributed by atoms with Crippen molar-refractivity contribution in [1.29, 1.82) is 0 Å². The van der Waals surface area contributed by atoms with Gasteiger partial charge in [0.1, 0.15) is 11.6 Å². The summed E-state index contributed by atoms with van der Waals surface area (Å²) in [6.07, 6.45) is 1.79. The zero-order valence-electron chi connectivity index (χ0n) is 18.7. The highest BCUT2D eigenvalue weighted by molar-refractivity contribution is 6.33. The number of carbonyl (C=O) groups excluding carboxylic acids is 1. The average molecular weight is 469 g/mol. The Kier molecular flexibility index (Phi) is 7.92. The summed E-state index contributed by atoms with van der Waals surface area (Å²) in [5, 5.41) is 26.3. The molecule has 6 N–H and O–H groups in total. The van der Waals surface area contributed by atoms with Crippen LogP contribution in [0, 0.1) is 0 Å². The van der Waals surface area contributed by atoms with E-state index in [1.54, 1.807) is 24.4 Å². The van der Waals surface area contributed by atoms with Gasteiger partial charge in [-0.1, -0.05) is 41.9 Å². The Hall–Kier alpha value is -3.13. The number of hydrogen-bond donors (Lipinski definition) is 5. The molecular weight excluding hydrogens is 440 g/mol. The Balaban J connectivity index is 1.56. The fraction of sp³-hybridized carbons (Fsp3) is 0.280. The molecule has 3 rings (SSSR count). The van der Waals surface area contributed by atoms with Crippen LogP contribution in [0.25, 0.3) is 0 Å². The number of amides is 1. The Bertz CT molecular complexity index is 1100. The van der Waals surface area contributed by atoms with Crippen molar-refractivity contribution in [2.45, 2.75) is 38.3 Å². The molecule has 0 saturated carbocycles. The van der Waals surface area contributed by atoms with Gasteiger partial charge >= 0.3 is 0 Å². The van der Waals surface area contributed by atoms with E-state index < -0.39 is 6.10 Å². The standard InChI is InChI=1S/C25H29ClN4O3/c1-25(2,29-15-22(32)18-6-9-23(27)28-14-18)13-17-5-3-4-16(10-17)11-24(33)30-21-8-7-19(31)12-20(21)26/h3-10,12,14,22,29,31-32H,11,13,15H2,1-2H3,(H2,27,28)(H,30,33)/t22-/m1/s1. The number of aromatic nitrogens is 1. The minimum atomic E-state index is -0.695. The number of nitrogens with zero attached hydrogens (tertiary/aromatic N) is 1. The van der Waals surface area contributed by atoms with Crippen molar-refractivity contribution < 1.29 is 15.0 Å². The predicted molar refractivity (Wildman–Crippen MR) is 131 cm³/mol. The number of hydrogen-bond acceptors (Lipinski definition) is 6. The number of carbonyl (C=O) groups is 1. The summed E-state index contributed by atoms with van der Waals surface area (Å²) >= 11 is 6.06. The van der Waals surface area contributed by atoms with Crippen molar-refractivity contribution in [3.05, 3.63) is 82.5 Å². The average Bonchev–Trinajstić information content (AvgIpc) is 2.74. The number of phenolic OH excluding ortho intramolecular Hbond substituents is 1. The number of anilines is 2. The fourth-order valence-corrected chi connectivity index (χ4v) is 3.73. The van der Waals surface area contributed by atoms with Crippen molar-refractivity contribution in [2.24, 2.45) is 0 Å². The van der Waals surface area contributed by atoms with Crippen LogP contribution in [-0.2, 0) is 17.6 Å². The number of nitrogens with one attached hydrogen (secondary N) is 2. The van der Waals surface area contributed by atoms with Crippen LogP contribution < -0.4 is 16.4 Å². The van der Waals surface area contributed by atoms with Gasteiger partial charge in [0.2, 0.25) is 5.91 Å². The lowest BCUT2D eigenvalue weighted by atomic mass is 9.93. The fourth-order valence-electron chi connectivity index (χ4n) is 3.51. The van der Waals surface area contributed by atoms with Gasteiger partial charge in [-0.25, -0.2) is 4.98 Å². The van der Waals surface area contributed by atoms with Gasteiger partial charge in [0.25, 0.3) is 0 Å². The molecule has 0 saturated heterocycles. The van der Waals surface area contributed by atoms with Gasteiger partial charge in [0.05, 0.1) is 23.2 Å². The van der Waals surface area contributed by atoms with E-state index in [1.165, 1.54) is 12.1 Å². The number of pyridine rings is 1. The second-order valence-corrected chi connectivity index (χ2v) is 9.09. The Morgan fingerprint density at radius 2 is 1.91 bits per heavy atom. The lowest BCUT2D eigenvalue weighted by Gasteiger charge is -2.28. The largest absolute Gasteiger partial charge is 0.508 e. The summed E-state index contributed by atoms with van der Waals surface area (Å²) < 4.78 is 0. The van der Waals surface area contributed by atoms with E-state index in [2.05, 4.69) is 29.5 Å². The number of aromatic hydroxyl groups is 1. The molecule has 0 fully saturated rings. The van der Waals surface area contributed by atoms with E-state index in [1.807, 2.05) is 24.3 Å². The second kappa shape index (κ2) is 10.7. The molecule has 3 aromatic rings. The molecule has 1 atom stereocenters. The van der Waals surface area contributed by atoms with E-state index in [-0.39, 0.29) is 28.6 Å². The first kappa shape index (κ1) is 24.5. The highest BCUT2D eigenvalue weighted by atomic mass is 35.5. The van der Waals surface area contributed by atoms with E-state index >= 15 is 0 Å². The molecule has 0 aliphatic heterocycles. The first-order chi connectivity index (χ1) is 15.6. The number of nitrogen functional groups attached to an aromatic ring is 1. The van der Waals surface area contributed by atoms with E-state index in [9.17, 15) is 15.0 Å². The van der Waals surface area contributed by atoms with Crippen LogP contribution in [-0.4, -0.2) is 33.2 Å². The molecular formula is C25H29ClN4O3. The molecule has 0 aliphatic carbocycles. The Morgan fingerprint density at radius 1 is 1.15 bits per heavy atom. The maximum Gasteiger partial charge on any atom is 0.228 e. The van der Waals surface area contributed by atoms with E-state index in [0.29, 0.717) is 30.0 Å². The van der Waals surface area contributed by atoms with Crippen LogP contribution in [0.15, 0.2) is 60.8 Å². The first-order valence-corrected chi connectivity index (χ1v) is 11.0. The van der Waals surface area contributed by atoms with E-state index in [4.69, 9.17) is 17.3 Å². The van der Waals surface area contributed by atoms with Gasteiger partial charge in [0.15, 0.2) is 0 Å². The molecule has 0 unspecified atom stereocenters. The van der Waals surface area contributed by atoms with Gasteiger partial charge in [-0.15, -0.1) is 0 Å². The predicted octanol–water partition coefficient (Wildman–Crippen LogP) is 3.85. The molecule has 1 aromatic heterocycles. The summed E-state index contributed by atoms with van der Waals surface area (Å²) in [5.41, 5.74) is 8.42. The van der Waals surface area contributed by atoms with Gasteiger partial charge < -0.3 is 26.6 Å². The zero-order valence-corrected chi connectivity index (χ0v) is 19.4. The lowest BCUT2D eigenvalue weighted by Crippen LogP contribution is -2.43. The van der Waals surface area contributed by atoms with Crippen LogP contribution in [0.4, 0.5) is 11.5 Å². The van der Waals surface area contributed by atoms with Crippen molar-refractivity contribution in [3.63, 3.8) is 0 Å². The zero-order chi connectivity index (χ0) is 24.0. The molecule has 0 bridgehead atoms. The highest BCUT2D eigenvalue weighted by Gasteiger charge is 2.20. The maximum absolute atomic E-state index is 12.5.